The molecule has 0 saturated carbocycles. The van der Waals surface area contributed by atoms with Crippen LogP contribution < -0.4 is 0 Å². The largest absolute Gasteiger partial charge is 0.367 e. The Balaban J connectivity index is 1.78. The molecule has 2 unspecified atom stereocenters. The van der Waals surface area contributed by atoms with Gasteiger partial charge in [0.25, 0.3) is 0 Å². The van der Waals surface area contributed by atoms with Crippen LogP contribution in [0, 0.1) is 11.3 Å². The predicted molar refractivity (Wildman–Crippen MR) is 183 cm³/mol. The van der Waals surface area contributed by atoms with Gasteiger partial charge < -0.3 is 4.74 Å². The van der Waals surface area contributed by atoms with Crippen LogP contribution in [-0.2, 0) is 4.74 Å². The van der Waals surface area contributed by atoms with E-state index >= 15 is 0 Å². The summed E-state index contributed by atoms with van der Waals surface area (Å²) >= 11 is 0. The van der Waals surface area contributed by atoms with E-state index < -0.39 is 0 Å². The standard InChI is InChI=1S/C40H56O/c1-31(19-13-21-33(3)22-15-24-35(5)27-29-38-40(9,10)41-38)17-11-12-18-32(2)20-14-23-34(4)26-28-37-36(6)25-16-30-39(37,7)8/h11-15,17-26,28,37-38H,16,27,29-30H2,1-10H3/b12-11+,19-13+,20-14+,22-15+,28-26+,31-17-,32-18+,33-21+,34-23-,35-24-. The first kappa shape index (κ1) is 34.3. The van der Waals surface area contributed by atoms with E-state index in [9.17, 15) is 0 Å². The monoisotopic (exact) mass is 552 g/mol. The van der Waals surface area contributed by atoms with Gasteiger partial charge in [-0.25, -0.2) is 0 Å². The molecule has 0 aromatic heterocycles. The fourth-order valence-electron chi connectivity index (χ4n) is 5.12. The molecule has 41 heavy (non-hydrogen) atoms. The van der Waals surface area contributed by atoms with E-state index in [1.807, 2.05) is 0 Å². The van der Waals surface area contributed by atoms with Gasteiger partial charge in [-0.05, 0) is 86.5 Å². The first-order chi connectivity index (χ1) is 19.3. The van der Waals surface area contributed by atoms with Gasteiger partial charge in [0, 0.05) is 5.92 Å². The lowest BCUT2D eigenvalue weighted by Gasteiger charge is -2.36. The van der Waals surface area contributed by atoms with Crippen molar-refractivity contribution in [3.63, 3.8) is 0 Å². The predicted octanol–water partition coefficient (Wildman–Crippen LogP) is 11.8. The Morgan fingerprint density at radius 3 is 1.68 bits per heavy atom. The van der Waals surface area contributed by atoms with Gasteiger partial charge in [-0.3, -0.25) is 0 Å². The van der Waals surface area contributed by atoms with Crippen molar-refractivity contribution in [2.24, 2.45) is 11.3 Å². The maximum absolute atomic E-state index is 5.67. The van der Waals surface area contributed by atoms with Crippen molar-refractivity contribution in [2.75, 3.05) is 0 Å². The summed E-state index contributed by atoms with van der Waals surface area (Å²) in [5.74, 6) is 0.529. The lowest BCUT2D eigenvalue weighted by molar-refractivity contribution is 0.255. The van der Waals surface area contributed by atoms with E-state index in [1.165, 1.54) is 46.3 Å². The summed E-state index contributed by atoms with van der Waals surface area (Å²) in [5.41, 5.74) is 8.28. The van der Waals surface area contributed by atoms with E-state index in [0.29, 0.717) is 17.4 Å². The molecular weight excluding hydrogens is 496 g/mol. The molecule has 1 saturated heterocycles. The molecule has 1 heteroatoms. The zero-order valence-corrected chi connectivity index (χ0v) is 27.6. The maximum Gasteiger partial charge on any atom is 0.0892 e. The average molecular weight is 553 g/mol. The fraction of sp³-hybridized carbons (Fsp3) is 0.450. The number of rotatable bonds is 13. The molecular formula is C40H56O. The van der Waals surface area contributed by atoms with E-state index in [1.54, 1.807) is 0 Å². The molecule has 0 bridgehead atoms. The van der Waals surface area contributed by atoms with E-state index in [4.69, 9.17) is 4.74 Å². The van der Waals surface area contributed by atoms with Crippen LogP contribution in [0.5, 0.6) is 0 Å². The van der Waals surface area contributed by atoms with Gasteiger partial charge in [-0.15, -0.1) is 0 Å². The smallest absolute Gasteiger partial charge is 0.0892 e. The van der Waals surface area contributed by atoms with Crippen LogP contribution in [0.15, 0.2) is 131 Å². The van der Waals surface area contributed by atoms with Crippen molar-refractivity contribution < 1.29 is 4.74 Å². The van der Waals surface area contributed by atoms with Crippen LogP contribution in [0.4, 0.5) is 0 Å². The molecule has 1 fully saturated rings. The molecule has 1 heterocycles. The molecule has 0 radical (unpaired) electrons. The van der Waals surface area contributed by atoms with Crippen molar-refractivity contribution in [2.45, 2.75) is 107 Å². The Morgan fingerprint density at radius 2 is 1.20 bits per heavy atom. The molecule has 2 atom stereocenters. The molecule has 1 aliphatic heterocycles. The van der Waals surface area contributed by atoms with Crippen LogP contribution in [0.1, 0.15) is 94.9 Å². The summed E-state index contributed by atoms with van der Waals surface area (Å²) in [6, 6.07) is 0. The van der Waals surface area contributed by atoms with Crippen LogP contribution >= 0.6 is 0 Å². The Hall–Kier alpha value is -2.90. The Labute approximate surface area is 252 Å². The highest BCUT2D eigenvalue weighted by Gasteiger charge is 2.46. The number of ether oxygens (including phenoxy) is 1. The zero-order chi connectivity index (χ0) is 30.5. The molecule has 222 valence electrons. The molecule has 0 amide bonds. The second-order valence-corrected chi connectivity index (χ2v) is 13.2. The maximum atomic E-state index is 5.67. The number of allylic oxidation sites excluding steroid dienone is 22. The summed E-state index contributed by atoms with van der Waals surface area (Å²) in [6.45, 7) is 22.1. The summed E-state index contributed by atoms with van der Waals surface area (Å²) in [7, 11) is 0. The molecule has 2 rings (SSSR count). The zero-order valence-electron chi connectivity index (χ0n) is 27.6. The van der Waals surface area contributed by atoms with Crippen molar-refractivity contribution >= 4 is 0 Å². The van der Waals surface area contributed by atoms with E-state index in [2.05, 4.69) is 166 Å². The molecule has 1 nitrogen and oxygen atoms in total. The third-order valence-corrected chi connectivity index (χ3v) is 8.11. The molecule has 0 N–H and O–H groups in total. The SMILES string of the molecule is CC1=CCCC(C)(C)C1/C=C/C(C)=C\C=C\C(C)=C\C=C\C=C(C)/C=C/C=C(C)/C=C/C=C(/C)CCC1OC1(C)C. The molecule has 1 aliphatic carbocycles. The Kier molecular flexibility index (Phi) is 13.8. The van der Waals surface area contributed by atoms with Crippen LogP contribution in [0.3, 0.4) is 0 Å². The van der Waals surface area contributed by atoms with Gasteiger partial charge in [-0.2, -0.15) is 0 Å². The highest BCUT2D eigenvalue weighted by atomic mass is 16.6. The lowest BCUT2D eigenvalue weighted by Crippen LogP contribution is -2.26. The van der Waals surface area contributed by atoms with E-state index in [-0.39, 0.29) is 5.60 Å². The van der Waals surface area contributed by atoms with Crippen LogP contribution in [0.2, 0.25) is 0 Å². The first-order valence-corrected chi connectivity index (χ1v) is 15.4. The first-order valence-electron chi connectivity index (χ1n) is 15.4. The summed E-state index contributed by atoms with van der Waals surface area (Å²) < 4.78 is 5.67. The quantitative estimate of drug-likeness (QED) is 0.126. The minimum atomic E-state index is 0.0928. The van der Waals surface area contributed by atoms with Crippen LogP contribution in [0.25, 0.3) is 0 Å². The number of epoxide rings is 1. The lowest BCUT2D eigenvalue weighted by atomic mass is 9.68. The molecule has 2 aliphatic rings. The summed E-state index contributed by atoms with van der Waals surface area (Å²) in [4.78, 5) is 0. The van der Waals surface area contributed by atoms with E-state index in [0.717, 1.165) is 12.8 Å². The van der Waals surface area contributed by atoms with Gasteiger partial charge in [0.05, 0.1) is 11.7 Å². The minimum absolute atomic E-state index is 0.0928. The highest BCUT2D eigenvalue weighted by molar-refractivity contribution is 5.33. The fourth-order valence-corrected chi connectivity index (χ4v) is 5.12. The van der Waals surface area contributed by atoms with Crippen LogP contribution in [-0.4, -0.2) is 11.7 Å². The van der Waals surface area contributed by atoms with Gasteiger partial charge in [-0.1, -0.05) is 145 Å². The number of hydrogen-bond donors (Lipinski definition) is 0. The third kappa shape index (κ3) is 13.5. The van der Waals surface area contributed by atoms with Crippen molar-refractivity contribution in [3.8, 4) is 0 Å². The number of hydrogen-bond acceptors (Lipinski definition) is 1. The topological polar surface area (TPSA) is 12.5 Å². The van der Waals surface area contributed by atoms with Crippen molar-refractivity contribution in [1.29, 1.82) is 0 Å². The van der Waals surface area contributed by atoms with Crippen molar-refractivity contribution in [3.05, 3.63) is 131 Å². The molecule has 0 aromatic carbocycles. The second kappa shape index (κ2) is 16.5. The van der Waals surface area contributed by atoms with Gasteiger partial charge in [0.1, 0.15) is 0 Å². The average Bonchev–Trinajstić information content (AvgIpc) is 3.50. The third-order valence-electron chi connectivity index (χ3n) is 8.11. The van der Waals surface area contributed by atoms with Gasteiger partial charge in [0.15, 0.2) is 0 Å². The Bertz CT molecular complexity index is 1210. The minimum Gasteiger partial charge on any atom is -0.367 e. The Morgan fingerprint density at radius 1 is 0.732 bits per heavy atom. The summed E-state index contributed by atoms with van der Waals surface area (Å²) in [6.07, 6.45) is 40.0. The second-order valence-electron chi connectivity index (χ2n) is 13.2. The van der Waals surface area contributed by atoms with Gasteiger partial charge in [0.2, 0.25) is 0 Å². The molecule has 0 spiro atoms. The van der Waals surface area contributed by atoms with Crippen molar-refractivity contribution in [1.82, 2.24) is 0 Å². The van der Waals surface area contributed by atoms with Gasteiger partial charge >= 0.3 is 0 Å². The molecule has 0 aromatic rings. The highest BCUT2D eigenvalue weighted by Crippen LogP contribution is 2.41. The normalized spacial score (nSPS) is 24.5. The summed E-state index contributed by atoms with van der Waals surface area (Å²) in [5, 5.41) is 0.